The minimum absolute atomic E-state index is 0.168. The van der Waals surface area contributed by atoms with E-state index in [-0.39, 0.29) is 6.61 Å². The molecule has 1 aliphatic rings. The summed E-state index contributed by atoms with van der Waals surface area (Å²) in [6, 6.07) is 0. The number of ether oxygens (including phenoxy) is 2. The highest BCUT2D eigenvalue weighted by molar-refractivity contribution is 5.82. The molecule has 0 bridgehead atoms. The van der Waals surface area contributed by atoms with Crippen molar-refractivity contribution in [3.8, 4) is 0 Å². The lowest BCUT2D eigenvalue weighted by molar-refractivity contribution is -0.154. The molecule has 0 aromatic carbocycles. The monoisotopic (exact) mass is 358 g/mol. The Kier molecular flexibility index (Phi) is 12.1. The summed E-state index contributed by atoms with van der Waals surface area (Å²) in [5, 5.41) is 17.9. The SMILES string of the molecule is CCCCCCCCCCCCCCC1(C(=O)OCC(O)CO)CO1. The van der Waals surface area contributed by atoms with Gasteiger partial charge in [0.25, 0.3) is 0 Å². The predicted octanol–water partition coefficient (Wildman–Crippen LogP) is 3.74. The van der Waals surface area contributed by atoms with Gasteiger partial charge >= 0.3 is 5.97 Å². The molecule has 5 heteroatoms. The van der Waals surface area contributed by atoms with Gasteiger partial charge in [0.15, 0.2) is 5.60 Å². The van der Waals surface area contributed by atoms with Crippen molar-refractivity contribution in [3.05, 3.63) is 0 Å². The average molecular weight is 359 g/mol. The Morgan fingerprint density at radius 3 is 1.92 bits per heavy atom. The quantitative estimate of drug-likeness (QED) is 0.235. The summed E-state index contributed by atoms with van der Waals surface area (Å²) in [7, 11) is 0. The fourth-order valence-electron chi connectivity index (χ4n) is 3.06. The first-order chi connectivity index (χ1) is 12.1. The van der Waals surface area contributed by atoms with E-state index in [0.717, 1.165) is 12.8 Å². The molecule has 0 aliphatic carbocycles. The zero-order valence-electron chi connectivity index (χ0n) is 16.0. The van der Waals surface area contributed by atoms with Gasteiger partial charge in [-0.2, -0.15) is 0 Å². The third-order valence-electron chi connectivity index (χ3n) is 4.92. The number of carbonyl (C=O) groups excluding carboxylic acids is 1. The summed E-state index contributed by atoms with van der Waals surface area (Å²) < 4.78 is 10.3. The van der Waals surface area contributed by atoms with Crippen LogP contribution in [0, 0.1) is 0 Å². The molecule has 2 N–H and O–H groups in total. The van der Waals surface area contributed by atoms with Crippen LogP contribution >= 0.6 is 0 Å². The summed E-state index contributed by atoms with van der Waals surface area (Å²) in [6.07, 6.45) is 15.1. The van der Waals surface area contributed by atoms with Gasteiger partial charge in [-0.1, -0.05) is 77.6 Å². The maximum absolute atomic E-state index is 11.9. The molecule has 0 saturated carbocycles. The van der Waals surface area contributed by atoms with Gasteiger partial charge in [0, 0.05) is 0 Å². The van der Waals surface area contributed by atoms with Gasteiger partial charge in [-0.15, -0.1) is 0 Å². The van der Waals surface area contributed by atoms with Gasteiger partial charge in [0.05, 0.1) is 13.2 Å². The van der Waals surface area contributed by atoms with E-state index in [2.05, 4.69) is 6.92 Å². The van der Waals surface area contributed by atoms with Crippen molar-refractivity contribution in [3.63, 3.8) is 0 Å². The van der Waals surface area contributed by atoms with Crippen LogP contribution in [-0.2, 0) is 14.3 Å². The van der Waals surface area contributed by atoms with Gasteiger partial charge < -0.3 is 19.7 Å². The third-order valence-corrected chi connectivity index (χ3v) is 4.92. The standard InChI is InChI=1S/C20H38O5/c1-2-3-4-5-6-7-8-9-10-11-12-13-14-20(17-25-20)19(23)24-16-18(22)15-21/h18,21-22H,2-17H2,1H3. The van der Waals surface area contributed by atoms with Crippen molar-refractivity contribution in [1.82, 2.24) is 0 Å². The molecule has 0 amide bonds. The largest absolute Gasteiger partial charge is 0.461 e. The lowest BCUT2D eigenvalue weighted by Crippen LogP contribution is -2.31. The molecule has 148 valence electrons. The maximum Gasteiger partial charge on any atom is 0.340 e. The van der Waals surface area contributed by atoms with E-state index >= 15 is 0 Å². The number of unbranched alkanes of at least 4 members (excludes halogenated alkanes) is 11. The number of rotatable bonds is 17. The Labute approximate surface area is 153 Å². The molecule has 25 heavy (non-hydrogen) atoms. The van der Waals surface area contributed by atoms with E-state index < -0.39 is 24.3 Å². The Morgan fingerprint density at radius 1 is 1.00 bits per heavy atom. The zero-order valence-corrected chi connectivity index (χ0v) is 16.0. The van der Waals surface area contributed by atoms with E-state index in [4.69, 9.17) is 14.6 Å². The molecule has 1 fully saturated rings. The first kappa shape index (κ1) is 22.4. The van der Waals surface area contributed by atoms with E-state index in [9.17, 15) is 9.90 Å². The van der Waals surface area contributed by atoms with Crippen molar-refractivity contribution < 1.29 is 24.5 Å². The molecule has 2 atom stereocenters. The van der Waals surface area contributed by atoms with Crippen molar-refractivity contribution in [2.45, 2.75) is 102 Å². The lowest BCUT2D eigenvalue weighted by Gasteiger charge is -2.13. The summed E-state index contributed by atoms with van der Waals surface area (Å²) in [5.41, 5.74) is -0.770. The van der Waals surface area contributed by atoms with Gasteiger partial charge in [-0.05, 0) is 12.8 Å². The summed E-state index contributed by atoms with van der Waals surface area (Å²) in [4.78, 5) is 11.9. The molecular formula is C20H38O5. The summed E-state index contributed by atoms with van der Waals surface area (Å²) in [6.45, 7) is 2.10. The van der Waals surface area contributed by atoms with Crippen molar-refractivity contribution in [1.29, 1.82) is 0 Å². The molecular weight excluding hydrogens is 320 g/mol. The van der Waals surface area contributed by atoms with Crippen LogP contribution in [0.3, 0.4) is 0 Å². The molecule has 1 aliphatic heterocycles. The lowest BCUT2D eigenvalue weighted by atomic mass is 10.0. The third kappa shape index (κ3) is 10.2. The number of carbonyl (C=O) groups is 1. The van der Waals surface area contributed by atoms with E-state index in [1.807, 2.05) is 0 Å². The summed E-state index contributed by atoms with van der Waals surface area (Å²) >= 11 is 0. The average Bonchev–Trinajstić information content (AvgIpc) is 3.41. The van der Waals surface area contributed by atoms with Crippen molar-refractivity contribution >= 4 is 5.97 Å². The molecule has 2 unspecified atom stereocenters. The second-order valence-corrected chi connectivity index (χ2v) is 7.36. The molecule has 0 aromatic heterocycles. The minimum Gasteiger partial charge on any atom is -0.461 e. The Morgan fingerprint density at radius 2 is 1.48 bits per heavy atom. The second kappa shape index (κ2) is 13.5. The highest BCUT2D eigenvalue weighted by Crippen LogP contribution is 2.34. The Bertz CT molecular complexity index is 341. The molecule has 1 saturated heterocycles. The number of hydrogen-bond donors (Lipinski definition) is 2. The molecule has 0 aromatic rings. The van der Waals surface area contributed by atoms with Crippen molar-refractivity contribution in [2.24, 2.45) is 0 Å². The van der Waals surface area contributed by atoms with Crippen LogP contribution in [-0.4, -0.2) is 47.7 Å². The first-order valence-corrected chi connectivity index (χ1v) is 10.2. The number of epoxide rings is 1. The molecule has 1 heterocycles. The van der Waals surface area contributed by atoms with Crippen LogP contribution in [0.2, 0.25) is 0 Å². The number of esters is 1. The van der Waals surface area contributed by atoms with Gasteiger partial charge in [-0.3, -0.25) is 0 Å². The number of aliphatic hydroxyl groups is 2. The van der Waals surface area contributed by atoms with Gasteiger partial charge in [0.1, 0.15) is 12.7 Å². The van der Waals surface area contributed by atoms with E-state index in [0.29, 0.717) is 13.0 Å². The van der Waals surface area contributed by atoms with E-state index in [1.54, 1.807) is 0 Å². The Hall–Kier alpha value is -0.650. The van der Waals surface area contributed by atoms with Crippen molar-refractivity contribution in [2.75, 3.05) is 19.8 Å². The van der Waals surface area contributed by atoms with Crippen LogP contribution in [0.25, 0.3) is 0 Å². The normalized spacial score (nSPS) is 20.4. The maximum atomic E-state index is 11.9. The minimum atomic E-state index is -1.01. The Balaban J connectivity index is 1.91. The molecule has 0 spiro atoms. The summed E-state index contributed by atoms with van der Waals surface area (Å²) in [5.74, 6) is -0.400. The fourth-order valence-corrected chi connectivity index (χ4v) is 3.06. The van der Waals surface area contributed by atoms with Gasteiger partial charge in [0.2, 0.25) is 0 Å². The smallest absolute Gasteiger partial charge is 0.340 e. The predicted molar refractivity (Wildman–Crippen MR) is 98.4 cm³/mol. The van der Waals surface area contributed by atoms with Crippen LogP contribution in [0.1, 0.15) is 90.4 Å². The van der Waals surface area contributed by atoms with Gasteiger partial charge in [-0.25, -0.2) is 4.79 Å². The topological polar surface area (TPSA) is 79.3 Å². The van der Waals surface area contributed by atoms with Crippen LogP contribution in [0.4, 0.5) is 0 Å². The number of hydrogen-bond acceptors (Lipinski definition) is 5. The fraction of sp³-hybridized carbons (Fsp3) is 0.950. The zero-order chi connectivity index (χ0) is 18.4. The number of aliphatic hydroxyl groups excluding tert-OH is 2. The van der Waals surface area contributed by atoms with Crippen LogP contribution < -0.4 is 0 Å². The highest BCUT2D eigenvalue weighted by atomic mass is 16.6. The molecule has 5 nitrogen and oxygen atoms in total. The first-order valence-electron chi connectivity index (χ1n) is 10.2. The molecule has 1 rings (SSSR count). The van der Waals surface area contributed by atoms with E-state index in [1.165, 1.54) is 64.2 Å². The molecule has 0 radical (unpaired) electrons. The highest BCUT2D eigenvalue weighted by Gasteiger charge is 2.53. The second-order valence-electron chi connectivity index (χ2n) is 7.36. The van der Waals surface area contributed by atoms with Crippen LogP contribution in [0.15, 0.2) is 0 Å². The van der Waals surface area contributed by atoms with Crippen LogP contribution in [0.5, 0.6) is 0 Å².